The molecule has 0 saturated carbocycles. The minimum absolute atomic E-state index is 0.0844. The molecule has 0 radical (unpaired) electrons. The fourth-order valence-corrected chi connectivity index (χ4v) is 13.1. The molecule has 19 heteroatoms. The highest BCUT2D eigenvalue weighted by atomic mass is 31.2. The first-order valence-electron chi connectivity index (χ1n) is 40.0. The van der Waals surface area contributed by atoms with E-state index in [1.165, 1.54) is 193 Å². The lowest BCUT2D eigenvalue weighted by molar-refractivity contribution is -0.161. The van der Waals surface area contributed by atoms with Gasteiger partial charge < -0.3 is 33.8 Å². The Hall–Kier alpha value is -2.46. The molecule has 6 atom stereocenters. The van der Waals surface area contributed by atoms with Crippen LogP contribution in [0, 0.1) is 5.92 Å². The molecule has 3 N–H and O–H groups in total. The number of esters is 4. The highest BCUT2D eigenvalue weighted by molar-refractivity contribution is 7.47. The van der Waals surface area contributed by atoms with Crippen molar-refractivity contribution in [3.05, 3.63) is 24.3 Å². The maximum Gasteiger partial charge on any atom is 0.472 e. The van der Waals surface area contributed by atoms with Gasteiger partial charge in [0, 0.05) is 25.7 Å². The number of rotatable bonds is 76. The van der Waals surface area contributed by atoms with Crippen LogP contribution in [-0.4, -0.2) is 96.7 Å². The molecule has 0 saturated heterocycles. The molecule has 0 fully saturated rings. The van der Waals surface area contributed by atoms with E-state index in [-0.39, 0.29) is 25.7 Å². The van der Waals surface area contributed by atoms with Crippen LogP contribution in [0.4, 0.5) is 0 Å². The smallest absolute Gasteiger partial charge is 0.462 e. The largest absolute Gasteiger partial charge is 0.472 e. The summed E-state index contributed by atoms with van der Waals surface area (Å²) in [6, 6.07) is 0. The molecule has 0 aliphatic carbocycles. The predicted octanol–water partition coefficient (Wildman–Crippen LogP) is 22.8. The van der Waals surface area contributed by atoms with Crippen molar-refractivity contribution in [2.45, 2.75) is 406 Å². The number of phosphoric ester groups is 2. The van der Waals surface area contributed by atoms with E-state index in [9.17, 15) is 43.2 Å². The third kappa shape index (κ3) is 70.4. The summed E-state index contributed by atoms with van der Waals surface area (Å²) in [6.45, 7) is 7.20. The first-order valence-corrected chi connectivity index (χ1v) is 43.0. The maximum absolute atomic E-state index is 13.1. The minimum atomic E-state index is -4.96. The van der Waals surface area contributed by atoms with Crippen molar-refractivity contribution in [2.24, 2.45) is 5.92 Å². The average molecular weight is 1420 g/mol. The number of ether oxygens (including phenoxy) is 4. The Labute approximate surface area is 592 Å². The molecule has 17 nitrogen and oxygen atoms in total. The Morgan fingerprint density at radius 3 is 0.876 bits per heavy atom. The Kier molecular flexibility index (Phi) is 68.8. The number of aliphatic hydroxyl groups is 1. The highest BCUT2D eigenvalue weighted by Gasteiger charge is 2.30. The third-order valence-electron chi connectivity index (χ3n) is 18.0. The van der Waals surface area contributed by atoms with Crippen LogP contribution in [-0.2, 0) is 65.4 Å². The fraction of sp³-hybridized carbons (Fsp3) is 0.897. The maximum atomic E-state index is 13.1. The van der Waals surface area contributed by atoms with Crippen molar-refractivity contribution in [2.75, 3.05) is 39.6 Å². The van der Waals surface area contributed by atoms with Gasteiger partial charge in [0.25, 0.3) is 0 Å². The fourth-order valence-electron chi connectivity index (χ4n) is 11.5. The first-order chi connectivity index (χ1) is 47.1. The van der Waals surface area contributed by atoms with Crippen molar-refractivity contribution < 1.29 is 80.2 Å². The summed E-state index contributed by atoms with van der Waals surface area (Å²) in [5.41, 5.74) is 0. The van der Waals surface area contributed by atoms with Crippen LogP contribution < -0.4 is 0 Å². The lowest BCUT2D eigenvalue weighted by Gasteiger charge is -2.21. The van der Waals surface area contributed by atoms with Crippen LogP contribution >= 0.6 is 15.6 Å². The van der Waals surface area contributed by atoms with Gasteiger partial charge in [-0.15, -0.1) is 0 Å². The van der Waals surface area contributed by atoms with Crippen molar-refractivity contribution in [3.8, 4) is 0 Å². The van der Waals surface area contributed by atoms with E-state index in [2.05, 4.69) is 58.9 Å². The number of carbonyl (C=O) groups is 4. The lowest BCUT2D eigenvalue weighted by atomic mass is 9.99. The van der Waals surface area contributed by atoms with E-state index in [1.54, 1.807) is 0 Å². The summed E-state index contributed by atoms with van der Waals surface area (Å²) in [6.07, 6.45) is 63.6. The van der Waals surface area contributed by atoms with Crippen molar-refractivity contribution in [1.82, 2.24) is 0 Å². The molecular weight excluding hydrogens is 1270 g/mol. The van der Waals surface area contributed by atoms with Crippen LogP contribution in [0.15, 0.2) is 24.3 Å². The van der Waals surface area contributed by atoms with Crippen LogP contribution in [0.25, 0.3) is 0 Å². The molecule has 0 aliphatic rings. The van der Waals surface area contributed by atoms with Gasteiger partial charge in [0.15, 0.2) is 12.2 Å². The molecule has 0 aromatic carbocycles. The van der Waals surface area contributed by atoms with Gasteiger partial charge in [-0.25, -0.2) is 9.13 Å². The topological polar surface area (TPSA) is 237 Å². The summed E-state index contributed by atoms with van der Waals surface area (Å²) < 4.78 is 68.3. The molecule has 572 valence electrons. The van der Waals surface area contributed by atoms with Gasteiger partial charge in [-0.2, -0.15) is 0 Å². The average Bonchev–Trinajstić information content (AvgIpc) is 1.28. The molecule has 0 rings (SSSR count). The van der Waals surface area contributed by atoms with E-state index in [0.29, 0.717) is 25.7 Å². The highest BCUT2D eigenvalue weighted by Crippen LogP contribution is 2.45. The van der Waals surface area contributed by atoms with Crippen molar-refractivity contribution in [3.63, 3.8) is 0 Å². The molecule has 0 spiro atoms. The van der Waals surface area contributed by atoms with E-state index >= 15 is 0 Å². The Bertz CT molecular complexity index is 1950. The second-order valence-electron chi connectivity index (χ2n) is 27.7. The molecule has 0 aromatic rings. The number of allylic oxidation sites excluding steroid dienone is 4. The van der Waals surface area contributed by atoms with E-state index in [0.717, 1.165) is 115 Å². The standard InChI is InChI=1S/C78H148O17P2/c1-6-10-13-16-18-20-22-24-26-27-28-29-31-37-41-45-49-54-59-64-78(83)95-74(68-89-76(81)62-57-52-47-43-39-35-33-32-34-38-42-46-51-55-60-71(5)9-4)70-93-97(86,87)91-66-72(79)65-90-96(84,85)92-69-73(67-88-75(80)61-56-50-15-12-8-3)94-77(82)63-58-53-48-44-40-36-30-25-23-21-19-17-14-11-7-2/h21,23,25,30,71-74,79H,6-20,22,24,26-29,31-70H2,1-5H3,(H,84,85)(H,86,87)/b23-21-,30-25-/t71?,72-,73+,74+/m0/s1. The molecular formula is C78H148O17P2. The van der Waals surface area contributed by atoms with Crippen LogP contribution in [0.1, 0.15) is 388 Å². The molecule has 0 bridgehead atoms. The quantitative estimate of drug-likeness (QED) is 0.0169. The van der Waals surface area contributed by atoms with E-state index in [1.807, 2.05) is 0 Å². The number of hydrogen-bond donors (Lipinski definition) is 3. The number of phosphoric acid groups is 2. The van der Waals surface area contributed by atoms with Crippen molar-refractivity contribution >= 4 is 39.5 Å². The first kappa shape index (κ1) is 94.5. The van der Waals surface area contributed by atoms with Crippen LogP contribution in [0.2, 0.25) is 0 Å². The molecule has 0 heterocycles. The van der Waals surface area contributed by atoms with Crippen LogP contribution in [0.5, 0.6) is 0 Å². The Morgan fingerprint density at radius 1 is 0.330 bits per heavy atom. The van der Waals surface area contributed by atoms with Crippen molar-refractivity contribution in [1.29, 1.82) is 0 Å². The predicted molar refractivity (Wildman–Crippen MR) is 395 cm³/mol. The Balaban J connectivity index is 5.17. The van der Waals surface area contributed by atoms with Gasteiger partial charge in [0.05, 0.1) is 26.4 Å². The zero-order valence-corrected chi connectivity index (χ0v) is 64.5. The van der Waals surface area contributed by atoms with Gasteiger partial charge in [-0.1, -0.05) is 335 Å². The number of carbonyl (C=O) groups excluding carboxylic acids is 4. The summed E-state index contributed by atoms with van der Waals surface area (Å²) in [5.74, 6) is -1.30. The number of hydrogen-bond acceptors (Lipinski definition) is 15. The lowest BCUT2D eigenvalue weighted by Crippen LogP contribution is -2.30. The molecule has 0 aromatic heterocycles. The summed E-state index contributed by atoms with van der Waals surface area (Å²) in [5, 5.41) is 10.6. The number of unbranched alkanes of at least 4 members (excludes halogenated alkanes) is 44. The van der Waals surface area contributed by atoms with E-state index < -0.39 is 97.5 Å². The normalized spacial score (nSPS) is 14.4. The van der Waals surface area contributed by atoms with Gasteiger partial charge in [-0.3, -0.25) is 37.3 Å². The van der Waals surface area contributed by atoms with E-state index in [4.69, 9.17) is 37.0 Å². The van der Waals surface area contributed by atoms with Gasteiger partial charge in [0.2, 0.25) is 0 Å². The minimum Gasteiger partial charge on any atom is -0.462 e. The zero-order chi connectivity index (χ0) is 71.2. The second-order valence-corrected chi connectivity index (χ2v) is 30.6. The Morgan fingerprint density at radius 2 is 0.577 bits per heavy atom. The molecule has 97 heavy (non-hydrogen) atoms. The summed E-state index contributed by atoms with van der Waals surface area (Å²) >= 11 is 0. The molecule has 0 amide bonds. The third-order valence-corrected chi connectivity index (χ3v) is 19.9. The summed E-state index contributed by atoms with van der Waals surface area (Å²) in [4.78, 5) is 72.6. The number of aliphatic hydroxyl groups excluding tert-OH is 1. The SMILES string of the molecule is CCCCCC/C=C\C=C/CCCCCCCC(=O)O[C@H](COC(=O)CCCCCCC)COP(=O)(O)OC[C@H](O)COP(=O)(O)OC[C@@H](COC(=O)CCCCCCCCCCCCCCCCC(C)CC)OC(=O)CCCCCCCCCCCCCCCCCCCCC. The second kappa shape index (κ2) is 70.6. The molecule has 3 unspecified atom stereocenters. The summed E-state index contributed by atoms with van der Waals surface area (Å²) in [7, 11) is -9.92. The van der Waals surface area contributed by atoms with Gasteiger partial charge >= 0.3 is 39.5 Å². The zero-order valence-electron chi connectivity index (χ0n) is 62.7. The van der Waals surface area contributed by atoms with Gasteiger partial charge in [-0.05, 0) is 57.3 Å². The van der Waals surface area contributed by atoms with Gasteiger partial charge in [0.1, 0.15) is 19.3 Å². The monoisotopic (exact) mass is 1420 g/mol. The van der Waals surface area contributed by atoms with Crippen LogP contribution in [0.3, 0.4) is 0 Å². The molecule has 0 aliphatic heterocycles.